The molecule has 3 rings (SSSR count). The molecule has 0 heterocycles. The number of aryl methyl sites for hydroxylation is 2. The average Bonchev–Trinajstić information content (AvgIpc) is 3.01. The summed E-state index contributed by atoms with van der Waals surface area (Å²) in [5, 5.41) is 19.9. The Kier molecular flexibility index (Phi) is 17.3. The molecule has 3 N–H and O–H groups in total. The fourth-order valence-corrected chi connectivity index (χ4v) is 4.12. The number of unbranched alkanes of at least 4 members (excludes halogenated alkanes) is 1. The molecule has 7 heteroatoms. The minimum Gasteiger partial charge on any atom is -0.508 e. The molecule has 0 aliphatic carbocycles. The van der Waals surface area contributed by atoms with Gasteiger partial charge in [0.1, 0.15) is 23.5 Å². The highest BCUT2D eigenvalue weighted by atomic mass is 16.5. The van der Waals surface area contributed by atoms with Crippen LogP contribution in [0, 0.1) is 6.92 Å². The maximum atomic E-state index is 12.6. The van der Waals surface area contributed by atoms with E-state index in [-0.39, 0.29) is 11.7 Å². The Labute approximate surface area is 258 Å². The Balaban J connectivity index is 0.000000901. The number of aromatic hydroxyl groups is 1. The number of nitrogens with one attached hydrogen (secondary N) is 1. The Morgan fingerprint density at radius 1 is 0.953 bits per heavy atom. The summed E-state index contributed by atoms with van der Waals surface area (Å²) in [6, 6.07) is 17.9. The van der Waals surface area contributed by atoms with Gasteiger partial charge in [0.05, 0.1) is 0 Å². The lowest BCUT2D eigenvalue weighted by Gasteiger charge is -2.13. The van der Waals surface area contributed by atoms with Gasteiger partial charge in [-0.1, -0.05) is 38.0 Å². The van der Waals surface area contributed by atoms with E-state index in [9.17, 15) is 14.7 Å². The summed E-state index contributed by atoms with van der Waals surface area (Å²) in [6.45, 7) is 12.0. The molecule has 0 saturated carbocycles. The summed E-state index contributed by atoms with van der Waals surface area (Å²) in [5.74, 6) is 1.14. The van der Waals surface area contributed by atoms with Crippen molar-refractivity contribution in [3.63, 3.8) is 0 Å². The molecule has 1 amide bonds. The number of benzene rings is 3. The topological polar surface area (TPSA) is 99.1 Å². The molecular formula is C36H50N2O5. The van der Waals surface area contributed by atoms with Crippen molar-refractivity contribution in [2.75, 3.05) is 33.1 Å². The Bertz CT molecular complexity index is 1310. The van der Waals surface area contributed by atoms with E-state index in [2.05, 4.69) is 71.1 Å². The van der Waals surface area contributed by atoms with Gasteiger partial charge in [-0.2, -0.15) is 0 Å². The van der Waals surface area contributed by atoms with Crippen molar-refractivity contribution in [2.24, 2.45) is 0 Å². The molecule has 0 aliphatic rings. The number of anilines is 1. The van der Waals surface area contributed by atoms with Gasteiger partial charge in [0, 0.05) is 30.8 Å². The number of aliphatic hydroxyl groups excluding tert-OH is 1. The van der Waals surface area contributed by atoms with Gasteiger partial charge in [-0.3, -0.25) is 4.79 Å². The van der Waals surface area contributed by atoms with E-state index in [4.69, 9.17) is 9.84 Å². The van der Waals surface area contributed by atoms with Gasteiger partial charge in [0.2, 0.25) is 0 Å². The van der Waals surface area contributed by atoms with Crippen LogP contribution < -0.4 is 10.1 Å². The SMILES string of the molecule is CC/C(C)=C(/C)c1cc(Oc2ccc(C(=O)Nc3ccc(CCC=O)c(O)c3)cc2)ccc1C.CCCCN(C)C.CO. The van der Waals surface area contributed by atoms with Crippen molar-refractivity contribution in [3.05, 3.63) is 88.5 Å². The molecule has 0 bridgehead atoms. The third-order valence-electron chi connectivity index (χ3n) is 6.97. The zero-order valence-corrected chi connectivity index (χ0v) is 27.2. The van der Waals surface area contributed by atoms with Gasteiger partial charge in [0.25, 0.3) is 5.91 Å². The molecule has 0 atom stereocenters. The van der Waals surface area contributed by atoms with E-state index >= 15 is 0 Å². The molecule has 3 aromatic rings. The molecule has 43 heavy (non-hydrogen) atoms. The summed E-state index contributed by atoms with van der Waals surface area (Å²) in [4.78, 5) is 25.4. The number of carbonyl (C=O) groups is 2. The minimum absolute atomic E-state index is 0.0556. The highest BCUT2D eigenvalue weighted by Gasteiger charge is 2.10. The van der Waals surface area contributed by atoms with Crippen molar-refractivity contribution in [2.45, 2.75) is 66.7 Å². The van der Waals surface area contributed by atoms with Crippen LogP contribution in [0.1, 0.15) is 80.4 Å². The van der Waals surface area contributed by atoms with E-state index < -0.39 is 0 Å². The number of amides is 1. The number of aliphatic hydroxyl groups is 1. The first-order valence-corrected chi connectivity index (χ1v) is 14.8. The fourth-order valence-electron chi connectivity index (χ4n) is 4.12. The Morgan fingerprint density at radius 3 is 2.14 bits per heavy atom. The van der Waals surface area contributed by atoms with Crippen LogP contribution in [0.3, 0.4) is 0 Å². The van der Waals surface area contributed by atoms with E-state index in [1.54, 1.807) is 36.4 Å². The molecular weight excluding hydrogens is 540 g/mol. The van der Waals surface area contributed by atoms with Crippen molar-refractivity contribution in [1.82, 2.24) is 4.90 Å². The Morgan fingerprint density at radius 2 is 1.60 bits per heavy atom. The number of hydrogen-bond acceptors (Lipinski definition) is 6. The molecule has 0 fully saturated rings. The molecule has 234 valence electrons. The van der Waals surface area contributed by atoms with Crippen LogP contribution in [0.25, 0.3) is 5.57 Å². The number of allylic oxidation sites excluding steroid dienone is 2. The molecule has 0 spiro atoms. The van der Waals surface area contributed by atoms with E-state index in [1.807, 2.05) is 6.07 Å². The number of phenolic OH excluding ortho intramolecular Hbond substituents is 1. The van der Waals surface area contributed by atoms with Gasteiger partial charge in [0.15, 0.2) is 0 Å². The molecule has 3 aromatic carbocycles. The van der Waals surface area contributed by atoms with Crippen LogP contribution >= 0.6 is 0 Å². The van der Waals surface area contributed by atoms with Crippen LogP contribution in [0.2, 0.25) is 0 Å². The van der Waals surface area contributed by atoms with Crippen LogP contribution in [-0.2, 0) is 11.2 Å². The second kappa shape index (κ2) is 20.1. The van der Waals surface area contributed by atoms with Crippen LogP contribution in [0.15, 0.2) is 66.2 Å². The van der Waals surface area contributed by atoms with Crippen molar-refractivity contribution < 1.29 is 24.5 Å². The van der Waals surface area contributed by atoms with Crippen LogP contribution in [0.4, 0.5) is 5.69 Å². The summed E-state index contributed by atoms with van der Waals surface area (Å²) in [6.07, 6.45) is 5.24. The predicted molar refractivity (Wildman–Crippen MR) is 178 cm³/mol. The number of rotatable bonds is 12. The highest BCUT2D eigenvalue weighted by molar-refractivity contribution is 6.04. The molecule has 0 aromatic heterocycles. The van der Waals surface area contributed by atoms with Crippen molar-refractivity contribution >= 4 is 23.5 Å². The first kappa shape index (κ1) is 37.1. The lowest BCUT2D eigenvalue weighted by atomic mass is 9.96. The number of carbonyl (C=O) groups excluding carboxylic acids is 2. The van der Waals surface area contributed by atoms with Gasteiger partial charge in [-0.05, 0) is 125 Å². The van der Waals surface area contributed by atoms with Gasteiger partial charge >= 0.3 is 0 Å². The minimum atomic E-state index is -0.292. The summed E-state index contributed by atoms with van der Waals surface area (Å²) < 4.78 is 6.04. The fraction of sp³-hybridized carbons (Fsp3) is 0.389. The molecule has 0 unspecified atom stereocenters. The lowest BCUT2D eigenvalue weighted by Crippen LogP contribution is -2.12. The van der Waals surface area contributed by atoms with E-state index in [1.165, 1.54) is 47.7 Å². The summed E-state index contributed by atoms with van der Waals surface area (Å²) >= 11 is 0. The third-order valence-corrected chi connectivity index (χ3v) is 6.97. The first-order valence-electron chi connectivity index (χ1n) is 14.8. The summed E-state index contributed by atoms with van der Waals surface area (Å²) in [5.41, 5.74) is 6.61. The number of aldehydes is 1. The van der Waals surface area contributed by atoms with E-state index in [0.29, 0.717) is 35.4 Å². The van der Waals surface area contributed by atoms with Gasteiger partial charge in [-0.15, -0.1) is 0 Å². The highest BCUT2D eigenvalue weighted by Crippen LogP contribution is 2.30. The quantitative estimate of drug-likeness (QED) is 0.185. The van der Waals surface area contributed by atoms with Crippen LogP contribution in [-0.4, -0.2) is 55.1 Å². The Hall–Kier alpha value is -3.94. The molecule has 7 nitrogen and oxygen atoms in total. The molecule has 0 saturated heterocycles. The monoisotopic (exact) mass is 590 g/mol. The number of ether oxygens (including phenoxy) is 1. The first-order chi connectivity index (χ1) is 20.6. The number of nitrogens with zero attached hydrogens (tertiary/aromatic N) is 1. The maximum absolute atomic E-state index is 12.6. The maximum Gasteiger partial charge on any atom is 0.255 e. The zero-order valence-electron chi connectivity index (χ0n) is 27.2. The third kappa shape index (κ3) is 12.8. The standard InChI is InChI=1S/C29H31NO4.C6H15N.CH4O/c1-5-19(2)21(4)27-18-26(13-8-20(27)3)34-25-14-10-23(11-15-25)29(33)30-24-12-9-22(7-6-16-31)28(32)17-24;1-4-5-6-7(2)3;1-2/h8-18,32H,5-7H2,1-4H3,(H,30,33);4-6H2,1-3H3;2H,1H3/b21-19-;;. The zero-order chi connectivity index (χ0) is 32.4. The van der Waals surface area contributed by atoms with Crippen molar-refractivity contribution in [3.8, 4) is 17.2 Å². The van der Waals surface area contributed by atoms with Gasteiger partial charge in [-0.25, -0.2) is 0 Å². The van der Waals surface area contributed by atoms with Crippen LogP contribution in [0.5, 0.6) is 17.2 Å². The predicted octanol–water partition coefficient (Wildman–Crippen LogP) is 8.04. The largest absolute Gasteiger partial charge is 0.508 e. The van der Waals surface area contributed by atoms with E-state index in [0.717, 1.165) is 25.6 Å². The van der Waals surface area contributed by atoms with Crippen molar-refractivity contribution in [1.29, 1.82) is 0 Å². The number of phenols is 1. The average molecular weight is 591 g/mol. The molecule has 0 aliphatic heterocycles. The normalized spacial score (nSPS) is 10.9. The van der Waals surface area contributed by atoms with Gasteiger partial charge < -0.3 is 30.0 Å². The second-order valence-electron chi connectivity index (χ2n) is 10.5. The number of hydrogen-bond donors (Lipinski definition) is 3. The molecule has 0 radical (unpaired) electrons. The summed E-state index contributed by atoms with van der Waals surface area (Å²) in [7, 11) is 5.21. The second-order valence-corrected chi connectivity index (χ2v) is 10.5. The lowest BCUT2D eigenvalue weighted by molar-refractivity contribution is -0.107. The smallest absolute Gasteiger partial charge is 0.255 e.